The van der Waals surface area contributed by atoms with Crippen LogP contribution in [0.2, 0.25) is 0 Å². The van der Waals surface area contributed by atoms with Crippen LogP contribution in [0.5, 0.6) is 0 Å². The summed E-state index contributed by atoms with van der Waals surface area (Å²) in [6.07, 6.45) is 4.18. The predicted octanol–water partition coefficient (Wildman–Crippen LogP) is 3.75. The highest BCUT2D eigenvalue weighted by atomic mass is 32.2. The van der Waals surface area contributed by atoms with E-state index in [1.54, 1.807) is 35.9 Å². The molecule has 9 heteroatoms. The molecule has 1 aliphatic rings. The van der Waals surface area contributed by atoms with Crippen LogP contribution in [0.15, 0.2) is 59.6 Å². The number of hydrogen-bond acceptors (Lipinski definition) is 4. The Morgan fingerprint density at radius 1 is 1.06 bits per heavy atom. The Kier molecular flexibility index (Phi) is 5.88. The lowest BCUT2D eigenvalue weighted by atomic mass is 10.2. The summed E-state index contributed by atoms with van der Waals surface area (Å²) in [5.74, 6) is -0.760. The summed E-state index contributed by atoms with van der Waals surface area (Å²) in [4.78, 5) is 13.0. The minimum atomic E-state index is -3.59. The van der Waals surface area contributed by atoms with Crippen LogP contribution in [0.1, 0.15) is 35.3 Å². The molecule has 2 aromatic carbocycles. The zero-order chi connectivity index (χ0) is 22.0. The number of nitrogens with zero attached hydrogens (tertiary/aromatic N) is 3. The number of piperidine rings is 1. The Labute approximate surface area is 180 Å². The lowest BCUT2D eigenvalue weighted by Crippen LogP contribution is -2.35. The summed E-state index contributed by atoms with van der Waals surface area (Å²) in [5, 5.41) is 6.98. The lowest BCUT2D eigenvalue weighted by Gasteiger charge is -2.26. The third-order valence-corrected chi connectivity index (χ3v) is 7.26. The zero-order valence-corrected chi connectivity index (χ0v) is 17.9. The van der Waals surface area contributed by atoms with Gasteiger partial charge in [0, 0.05) is 18.8 Å². The molecule has 1 aromatic heterocycles. The van der Waals surface area contributed by atoms with Crippen LogP contribution in [-0.2, 0) is 10.0 Å². The fraction of sp³-hybridized carbons (Fsp3) is 0.273. The molecule has 3 aromatic rings. The molecule has 0 aliphatic carbocycles. The molecule has 31 heavy (non-hydrogen) atoms. The molecule has 0 bridgehead atoms. The van der Waals surface area contributed by atoms with E-state index in [-0.39, 0.29) is 10.7 Å². The number of sulfonamides is 1. The van der Waals surface area contributed by atoms with Crippen molar-refractivity contribution in [3.8, 4) is 5.69 Å². The second-order valence-electron chi connectivity index (χ2n) is 7.48. The second kappa shape index (κ2) is 8.60. The van der Waals surface area contributed by atoms with E-state index in [0.29, 0.717) is 35.7 Å². The molecule has 0 unspecified atom stereocenters. The van der Waals surface area contributed by atoms with E-state index in [2.05, 4.69) is 10.4 Å². The first-order valence-corrected chi connectivity index (χ1v) is 11.5. The maximum atomic E-state index is 13.2. The quantitative estimate of drug-likeness (QED) is 0.652. The van der Waals surface area contributed by atoms with Crippen LogP contribution in [0.4, 0.5) is 10.1 Å². The van der Waals surface area contributed by atoms with E-state index >= 15 is 0 Å². The third-order valence-electron chi connectivity index (χ3n) is 5.37. The van der Waals surface area contributed by atoms with Gasteiger partial charge >= 0.3 is 0 Å². The maximum absolute atomic E-state index is 13.2. The number of amides is 1. The molecular formula is C22H23FN4O3S. The highest BCUT2D eigenvalue weighted by molar-refractivity contribution is 7.89. The standard InChI is InChI=1S/C22H23FN4O3S/c1-16-21(15-24-27(16)19-10-8-17(23)9-11-19)22(28)25-18-6-5-7-20(14-18)31(29,30)26-12-3-2-4-13-26/h5-11,14-15H,2-4,12-13H2,1H3,(H,25,28). The summed E-state index contributed by atoms with van der Waals surface area (Å²) in [6.45, 7) is 2.77. The van der Waals surface area contributed by atoms with Gasteiger partial charge in [0.25, 0.3) is 5.91 Å². The van der Waals surface area contributed by atoms with Crippen LogP contribution in [0.3, 0.4) is 0 Å². The van der Waals surface area contributed by atoms with E-state index in [1.807, 2.05) is 0 Å². The van der Waals surface area contributed by atoms with Crippen molar-refractivity contribution in [1.82, 2.24) is 14.1 Å². The predicted molar refractivity (Wildman–Crippen MR) is 115 cm³/mol. The first-order chi connectivity index (χ1) is 14.9. The van der Waals surface area contributed by atoms with Crippen molar-refractivity contribution in [2.75, 3.05) is 18.4 Å². The van der Waals surface area contributed by atoms with E-state index in [0.717, 1.165) is 19.3 Å². The SMILES string of the molecule is Cc1c(C(=O)Nc2cccc(S(=O)(=O)N3CCCCC3)c2)cnn1-c1ccc(F)cc1. The van der Waals surface area contributed by atoms with Gasteiger partial charge in [-0.2, -0.15) is 9.40 Å². The molecular weight excluding hydrogens is 419 g/mol. The van der Waals surface area contributed by atoms with E-state index in [1.165, 1.54) is 34.8 Å². The molecule has 1 N–H and O–H groups in total. The van der Waals surface area contributed by atoms with E-state index < -0.39 is 15.9 Å². The van der Waals surface area contributed by atoms with Gasteiger partial charge in [-0.05, 0) is 62.2 Å². The van der Waals surface area contributed by atoms with Crippen molar-refractivity contribution >= 4 is 21.6 Å². The summed E-state index contributed by atoms with van der Waals surface area (Å²) < 4.78 is 42.0. The highest BCUT2D eigenvalue weighted by Crippen LogP contribution is 2.23. The Morgan fingerprint density at radius 3 is 2.48 bits per heavy atom. The second-order valence-corrected chi connectivity index (χ2v) is 9.42. The van der Waals surface area contributed by atoms with Gasteiger partial charge in [-0.1, -0.05) is 12.5 Å². The van der Waals surface area contributed by atoms with Crippen molar-refractivity contribution in [1.29, 1.82) is 0 Å². The number of nitrogens with one attached hydrogen (secondary N) is 1. The maximum Gasteiger partial charge on any atom is 0.259 e. The van der Waals surface area contributed by atoms with Gasteiger partial charge in [0.1, 0.15) is 5.82 Å². The van der Waals surface area contributed by atoms with Crippen molar-refractivity contribution < 1.29 is 17.6 Å². The van der Waals surface area contributed by atoms with Crippen LogP contribution in [0, 0.1) is 12.7 Å². The first kappa shape index (κ1) is 21.2. The van der Waals surface area contributed by atoms with E-state index in [4.69, 9.17) is 0 Å². The van der Waals surface area contributed by atoms with Gasteiger partial charge in [0.15, 0.2) is 0 Å². The normalized spacial score (nSPS) is 15.0. The number of benzene rings is 2. The first-order valence-electron chi connectivity index (χ1n) is 10.1. The molecule has 162 valence electrons. The molecule has 2 heterocycles. The molecule has 4 rings (SSSR count). The Balaban J connectivity index is 1.54. The Bertz CT molecular complexity index is 1200. The summed E-state index contributed by atoms with van der Waals surface area (Å²) in [7, 11) is -3.59. The molecule has 0 radical (unpaired) electrons. The van der Waals surface area contributed by atoms with Crippen molar-refractivity contribution in [2.24, 2.45) is 0 Å². The molecule has 0 saturated carbocycles. The molecule has 1 amide bonds. The number of hydrogen-bond donors (Lipinski definition) is 1. The van der Waals surface area contributed by atoms with Crippen molar-refractivity contribution in [2.45, 2.75) is 31.1 Å². The molecule has 0 spiro atoms. The van der Waals surface area contributed by atoms with Crippen LogP contribution >= 0.6 is 0 Å². The highest BCUT2D eigenvalue weighted by Gasteiger charge is 2.26. The minimum absolute atomic E-state index is 0.158. The third kappa shape index (κ3) is 4.38. The molecule has 0 atom stereocenters. The minimum Gasteiger partial charge on any atom is -0.322 e. The largest absolute Gasteiger partial charge is 0.322 e. The number of rotatable bonds is 5. The lowest BCUT2D eigenvalue weighted by molar-refractivity contribution is 0.102. The van der Waals surface area contributed by atoms with Crippen LogP contribution < -0.4 is 5.32 Å². The van der Waals surface area contributed by atoms with Crippen LogP contribution in [0.25, 0.3) is 5.69 Å². The van der Waals surface area contributed by atoms with Gasteiger partial charge in [-0.15, -0.1) is 0 Å². The number of aromatic nitrogens is 2. The van der Waals surface area contributed by atoms with Gasteiger partial charge in [-0.25, -0.2) is 17.5 Å². The monoisotopic (exact) mass is 442 g/mol. The zero-order valence-electron chi connectivity index (χ0n) is 17.1. The van der Waals surface area contributed by atoms with Crippen molar-refractivity contribution in [3.05, 3.63) is 71.8 Å². The average Bonchev–Trinajstić information content (AvgIpc) is 3.16. The number of halogens is 1. The molecule has 1 saturated heterocycles. The summed E-state index contributed by atoms with van der Waals surface area (Å²) in [5.41, 5.74) is 1.94. The molecule has 7 nitrogen and oxygen atoms in total. The average molecular weight is 443 g/mol. The van der Waals surface area contributed by atoms with Gasteiger partial charge < -0.3 is 5.32 Å². The number of carbonyl (C=O) groups excluding carboxylic acids is 1. The Hall–Kier alpha value is -3.04. The van der Waals surface area contributed by atoms with Gasteiger partial charge in [-0.3, -0.25) is 4.79 Å². The summed E-state index contributed by atoms with van der Waals surface area (Å²) >= 11 is 0. The number of carbonyl (C=O) groups is 1. The molecule has 1 aliphatic heterocycles. The van der Waals surface area contributed by atoms with E-state index in [9.17, 15) is 17.6 Å². The van der Waals surface area contributed by atoms with Crippen LogP contribution in [-0.4, -0.2) is 41.5 Å². The number of anilines is 1. The fourth-order valence-electron chi connectivity index (χ4n) is 3.66. The molecule has 1 fully saturated rings. The fourth-order valence-corrected chi connectivity index (χ4v) is 5.23. The topological polar surface area (TPSA) is 84.3 Å². The van der Waals surface area contributed by atoms with Gasteiger partial charge in [0.05, 0.1) is 28.0 Å². The Morgan fingerprint density at radius 2 is 1.77 bits per heavy atom. The van der Waals surface area contributed by atoms with Crippen molar-refractivity contribution in [3.63, 3.8) is 0 Å². The summed E-state index contributed by atoms with van der Waals surface area (Å²) in [6, 6.07) is 12.1. The van der Waals surface area contributed by atoms with Gasteiger partial charge in [0.2, 0.25) is 10.0 Å². The smallest absolute Gasteiger partial charge is 0.259 e.